The summed E-state index contributed by atoms with van der Waals surface area (Å²) < 4.78 is 5.19. The highest BCUT2D eigenvalue weighted by atomic mass is 16.5. The highest BCUT2D eigenvalue weighted by Gasteiger charge is 2.04. The fraction of sp³-hybridized carbons (Fsp3) is 0.900. The molecule has 0 aliphatic carbocycles. The molecule has 1 N–H and O–H groups in total. The summed E-state index contributed by atoms with van der Waals surface area (Å²) in [5.41, 5.74) is 0. The third-order valence-corrected chi connectivity index (χ3v) is 2.04. The molecule has 0 aromatic carbocycles. The predicted octanol–water partition coefficient (Wildman–Crippen LogP) is 2.30. The van der Waals surface area contributed by atoms with Crippen molar-refractivity contribution in [1.82, 2.24) is 0 Å². The maximum absolute atomic E-state index is 10.3. The topological polar surface area (TPSA) is 46.5 Å². The van der Waals surface area contributed by atoms with E-state index in [-0.39, 0.29) is 6.42 Å². The van der Waals surface area contributed by atoms with E-state index in [1.807, 2.05) is 6.92 Å². The number of aliphatic carboxylic acids is 1. The molecule has 0 aromatic rings. The molecule has 0 aliphatic heterocycles. The van der Waals surface area contributed by atoms with Crippen molar-refractivity contribution in [3.05, 3.63) is 0 Å². The molecule has 0 heterocycles. The van der Waals surface area contributed by atoms with Crippen LogP contribution in [0, 0.1) is 5.92 Å². The number of rotatable bonds is 8. The minimum atomic E-state index is -0.698. The maximum Gasteiger partial charge on any atom is 0.303 e. The van der Waals surface area contributed by atoms with Gasteiger partial charge in [0, 0.05) is 19.6 Å². The van der Waals surface area contributed by atoms with E-state index >= 15 is 0 Å². The summed E-state index contributed by atoms with van der Waals surface area (Å²) in [6, 6.07) is 0. The zero-order valence-electron chi connectivity index (χ0n) is 8.58. The quantitative estimate of drug-likeness (QED) is 0.594. The molecule has 1 unspecified atom stereocenters. The van der Waals surface area contributed by atoms with Gasteiger partial charge in [-0.05, 0) is 32.1 Å². The Morgan fingerprint density at radius 1 is 1.46 bits per heavy atom. The fourth-order valence-electron chi connectivity index (χ4n) is 1.19. The summed E-state index contributed by atoms with van der Waals surface area (Å²) in [6.07, 6.45) is 3.17. The Kier molecular flexibility index (Phi) is 7.69. The normalized spacial score (nSPS) is 12.8. The number of carbonyl (C=O) groups is 1. The van der Waals surface area contributed by atoms with Gasteiger partial charge in [-0.2, -0.15) is 0 Å². The standard InChI is InChI=1S/C10H20O3/c1-3-13-8-4-5-9(2)6-7-10(11)12/h9H,3-8H2,1-2H3,(H,11,12). The van der Waals surface area contributed by atoms with Gasteiger partial charge >= 0.3 is 5.97 Å². The SMILES string of the molecule is CCOCCCC(C)CCC(=O)O. The molecule has 0 rings (SSSR count). The van der Waals surface area contributed by atoms with E-state index in [1.54, 1.807) is 0 Å². The van der Waals surface area contributed by atoms with Crippen LogP contribution < -0.4 is 0 Å². The minimum absolute atomic E-state index is 0.288. The van der Waals surface area contributed by atoms with Gasteiger partial charge in [-0.1, -0.05) is 6.92 Å². The summed E-state index contributed by atoms with van der Waals surface area (Å²) in [7, 11) is 0. The summed E-state index contributed by atoms with van der Waals surface area (Å²) in [6.45, 7) is 5.64. The van der Waals surface area contributed by atoms with Crippen LogP contribution in [0.15, 0.2) is 0 Å². The molecule has 0 aromatic heterocycles. The minimum Gasteiger partial charge on any atom is -0.481 e. The molecule has 3 heteroatoms. The first-order valence-electron chi connectivity index (χ1n) is 4.96. The second-order valence-electron chi connectivity index (χ2n) is 3.38. The van der Waals surface area contributed by atoms with Crippen LogP contribution in [0.5, 0.6) is 0 Å². The number of carboxylic acid groups (broad SMARTS) is 1. The Morgan fingerprint density at radius 2 is 2.15 bits per heavy atom. The van der Waals surface area contributed by atoms with Crippen molar-refractivity contribution in [2.45, 2.75) is 39.5 Å². The third kappa shape index (κ3) is 9.34. The Balaban J connectivity index is 3.19. The van der Waals surface area contributed by atoms with E-state index in [1.165, 1.54) is 0 Å². The van der Waals surface area contributed by atoms with Crippen molar-refractivity contribution in [1.29, 1.82) is 0 Å². The van der Waals surface area contributed by atoms with E-state index in [2.05, 4.69) is 6.92 Å². The first-order valence-corrected chi connectivity index (χ1v) is 4.96. The Hall–Kier alpha value is -0.570. The van der Waals surface area contributed by atoms with Crippen LogP contribution in [0.4, 0.5) is 0 Å². The van der Waals surface area contributed by atoms with Crippen molar-refractivity contribution < 1.29 is 14.6 Å². The average Bonchev–Trinajstić information content (AvgIpc) is 2.09. The molecule has 0 spiro atoms. The molecule has 0 aliphatic rings. The lowest BCUT2D eigenvalue weighted by Gasteiger charge is -2.08. The molecule has 13 heavy (non-hydrogen) atoms. The van der Waals surface area contributed by atoms with E-state index in [0.717, 1.165) is 32.5 Å². The van der Waals surface area contributed by atoms with Gasteiger partial charge in [-0.15, -0.1) is 0 Å². The van der Waals surface area contributed by atoms with Crippen LogP contribution in [0.1, 0.15) is 39.5 Å². The summed E-state index contributed by atoms with van der Waals surface area (Å²) >= 11 is 0. The van der Waals surface area contributed by atoms with Crippen molar-refractivity contribution in [2.75, 3.05) is 13.2 Å². The molecule has 0 bridgehead atoms. The van der Waals surface area contributed by atoms with Crippen LogP contribution in [0.2, 0.25) is 0 Å². The molecule has 0 amide bonds. The zero-order chi connectivity index (χ0) is 10.1. The van der Waals surface area contributed by atoms with Gasteiger partial charge in [0.15, 0.2) is 0 Å². The van der Waals surface area contributed by atoms with Gasteiger partial charge < -0.3 is 9.84 Å². The van der Waals surface area contributed by atoms with Gasteiger partial charge in [0.05, 0.1) is 0 Å². The lowest BCUT2D eigenvalue weighted by molar-refractivity contribution is -0.137. The van der Waals surface area contributed by atoms with Gasteiger partial charge in [-0.25, -0.2) is 0 Å². The number of hydrogen-bond acceptors (Lipinski definition) is 2. The van der Waals surface area contributed by atoms with Crippen LogP contribution in [-0.4, -0.2) is 24.3 Å². The molecule has 78 valence electrons. The first-order chi connectivity index (χ1) is 6.16. The Labute approximate surface area is 80.1 Å². The molecule has 1 atom stereocenters. The van der Waals surface area contributed by atoms with E-state index < -0.39 is 5.97 Å². The van der Waals surface area contributed by atoms with E-state index in [9.17, 15) is 4.79 Å². The number of carboxylic acids is 1. The van der Waals surface area contributed by atoms with Gasteiger partial charge in [0.2, 0.25) is 0 Å². The molecule has 0 fully saturated rings. The number of ether oxygens (including phenoxy) is 1. The van der Waals surface area contributed by atoms with Crippen LogP contribution in [0.25, 0.3) is 0 Å². The lowest BCUT2D eigenvalue weighted by Crippen LogP contribution is -2.03. The maximum atomic E-state index is 10.3. The molecule has 0 radical (unpaired) electrons. The second kappa shape index (κ2) is 8.05. The van der Waals surface area contributed by atoms with Crippen LogP contribution in [-0.2, 0) is 9.53 Å². The molecule has 3 nitrogen and oxygen atoms in total. The summed E-state index contributed by atoms with van der Waals surface area (Å²) in [4.78, 5) is 10.3. The summed E-state index contributed by atoms with van der Waals surface area (Å²) in [5.74, 6) is -0.201. The molecular formula is C10H20O3. The second-order valence-corrected chi connectivity index (χ2v) is 3.38. The van der Waals surface area contributed by atoms with Crippen molar-refractivity contribution in [3.63, 3.8) is 0 Å². The Morgan fingerprint density at radius 3 is 2.69 bits per heavy atom. The predicted molar refractivity (Wildman–Crippen MR) is 51.8 cm³/mol. The fourth-order valence-corrected chi connectivity index (χ4v) is 1.19. The van der Waals surface area contributed by atoms with E-state index in [0.29, 0.717) is 5.92 Å². The highest BCUT2D eigenvalue weighted by molar-refractivity contribution is 5.66. The molecule has 0 saturated carbocycles. The monoisotopic (exact) mass is 188 g/mol. The van der Waals surface area contributed by atoms with Gasteiger partial charge in [-0.3, -0.25) is 4.79 Å². The summed E-state index contributed by atoms with van der Waals surface area (Å²) in [5, 5.41) is 8.45. The first kappa shape index (κ1) is 12.4. The number of hydrogen-bond donors (Lipinski definition) is 1. The average molecular weight is 188 g/mol. The third-order valence-electron chi connectivity index (χ3n) is 2.04. The van der Waals surface area contributed by atoms with Crippen LogP contribution >= 0.6 is 0 Å². The largest absolute Gasteiger partial charge is 0.481 e. The smallest absolute Gasteiger partial charge is 0.303 e. The van der Waals surface area contributed by atoms with E-state index in [4.69, 9.17) is 9.84 Å². The molecular weight excluding hydrogens is 168 g/mol. The van der Waals surface area contributed by atoms with Crippen LogP contribution in [0.3, 0.4) is 0 Å². The van der Waals surface area contributed by atoms with Gasteiger partial charge in [0.25, 0.3) is 0 Å². The van der Waals surface area contributed by atoms with Crippen molar-refractivity contribution in [2.24, 2.45) is 5.92 Å². The van der Waals surface area contributed by atoms with Gasteiger partial charge in [0.1, 0.15) is 0 Å². The Bertz CT molecular complexity index is 134. The molecule has 0 saturated heterocycles. The van der Waals surface area contributed by atoms with Crippen molar-refractivity contribution in [3.8, 4) is 0 Å². The zero-order valence-corrected chi connectivity index (χ0v) is 8.58. The van der Waals surface area contributed by atoms with Crippen molar-refractivity contribution >= 4 is 5.97 Å². The lowest BCUT2D eigenvalue weighted by atomic mass is 10.0. The highest BCUT2D eigenvalue weighted by Crippen LogP contribution is 2.12.